The third-order valence-electron chi connectivity index (χ3n) is 5.66. The number of rotatable bonds is 12. The number of carboxylic acid groups (broad SMARTS) is 1. The SMILES string of the molecule is C#CC[n+]1c2ccccc2c(C(=O)NCCCC(=O)NCCCCCC(=O)O)c2ccccc21. The molecule has 1 heterocycles. The lowest BCUT2D eigenvalue weighted by atomic mass is 10.0. The van der Waals surface area contributed by atoms with E-state index in [1.807, 2.05) is 53.1 Å². The van der Waals surface area contributed by atoms with Crippen LogP contribution < -0.4 is 15.2 Å². The summed E-state index contributed by atoms with van der Waals surface area (Å²) in [6.07, 6.45) is 8.73. The number of carbonyl (C=O) groups excluding carboxylic acids is 2. The van der Waals surface area contributed by atoms with Crippen molar-refractivity contribution >= 4 is 39.6 Å². The Morgan fingerprint density at radius 1 is 0.824 bits per heavy atom. The van der Waals surface area contributed by atoms with Gasteiger partial charge in [0, 0.05) is 38.1 Å². The highest BCUT2D eigenvalue weighted by Gasteiger charge is 2.23. The molecule has 3 aromatic rings. The Bertz CT molecular complexity index is 1170. The lowest BCUT2D eigenvalue weighted by Gasteiger charge is -2.11. The van der Waals surface area contributed by atoms with Gasteiger partial charge in [-0.05, 0) is 37.3 Å². The first-order valence-electron chi connectivity index (χ1n) is 11.6. The molecule has 0 unspecified atom stereocenters. The summed E-state index contributed by atoms with van der Waals surface area (Å²) in [5, 5.41) is 16.1. The molecule has 176 valence electrons. The molecule has 0 saturated carbocycles. The van der Waals surface area contributed by atoms with E-state index in [2.05, 4.69) is 16.6 Å². The van der Waals surface area contributed by atoms with Crippen molar-refractivity contribution in [3.05, 3.63) is 54.1 Å². The Labute approximate surface area is 199 Å². The van der Waals surface area contributed by atoms with E-state index in [4.69, 9.17) is 11.5 Å². The third-order valence-corrected chi connectivity index (χ3v) is 5.66. The number of fused-ring (bicyclic) bond motifs is 2. The fourth-order valence-corrected chi connectivity index (χ4v) is 4.06. The molecule has 0 aliphatic carbocycles. The van der Waals surface area contributed by atoms with Gasteiger partial charge < -0.3 is 15.7 Å². The molecular formula is C27H30N3O4+. The highest BCUT2D eigenvalue weighted by molar-refractivity contribution is 6.14. The van der Waals surface area contributed by atoms with Crippen LogP contribution in [0.4, 0.5) is 0 Å². The Hall–Kier alpha value is -3.92. The first-order chi connectivity index (χ1) is 16.5. The molecule has 0 fully saturated rings. The molecule has 0 radical (unpaired) electrons. The number of pyridine rings is 1. The number of carboxylic acids is 1. The van der Waals surface area contributed by atoms with E-state index >= 15 is 0 Å². The van der Waals surface area contributed by atoms with Crippen molar-refractivity contribution in [1.29, 1.82) is 0 Å². The molecular weight excluding hydrogens is 430 g/mol. The zero-order chi connectivity index (χ0) is 24.3. The summed E-state index contributed by atoms with van der Waals surface area (Å²) in [5.74, 6) is 1.65. The van der Waals surface area contributed by atoms with Gasteiger partial charge in [0.05, 0.1) is 16.3 Å². The predicted octanol–water partition coefficient (Wildman–Crippen LogP) is 3.18. The Kier molecular flexibility index (Phi) is 8.98. The van der Waals surface area contributed by atoms with Crippen molar-refractivity contribution in [1.82, 2.24) is 10.6 Å². The van der Waals surface area contributed by atoms with E-state index in [1.54, 1.807) is 0 Å². The number of aliphatic carboxylic acids is 1. The molecule has 7 heteroatoms. The number of benzene rings is 2. The fraction of sp³-hybridized carbons (Fsp3) is 0.333. The van der Waals surface area contributed by atoms with Crippen molar-refractivity contribution in [2.75, 3.05) is 13.1 Å². The van der Waals surface area contributed by atoms with Crippen LogP contribution in [-0.2, 0) is 16.1 Å². The van der Waals surface area contributed by atoms with Crippen LogP contribution in [0, 0.1) is 12.3 Å². The van der Waals surface area contributed by atoms with Gasteiger partial charge in [-0.3, -0.25) is 14.4 Å². The Morgan fingerprint density at radius 2 is 1.44 bits per heavy atom. The summed E-state index contributed by atoms with van der Waals surface area (Å²) in [5.41, 5.74) is 2.39. The largest absolute Gasteiger partial charge is 0.481 e. The molecule has 2 amide bonds. The molecule has 2 aromatic carbocycles. The van der Waals surface area contributed by atoms with Gasteiger partial charge in [0.25, 0.3) is 5.91 Å². The number of terminal acetylenes is 1. The van der Waals surface area contributed by atoms with Crippen LogP contribution in [0.5, 0.6) is 0 Å². The second-order valence-electron chi connectivity index (χ2n) is 8.11. The average Bonchev–Trinajstić information content (AvgIpc) is 2.83. The van der Waals surface area contributed by atoms with Gasteiger partial charge in [-0.1, -0.05) is 30.7 Å². The minimum absolute atomic E-state index is 0.0709. The van der Waals surface area contributed by atoms with E-state index in [0.29, 0.717) is 44.5 Å². The molecule has 3 rings (SSSR count). The van der Waals surface area contributed by atoms with Gasteiger partial charge in [-0.25, -0.2) is 0 Å². The number of para-hydroxylation sites is 2. The average molecular weight is 461 g/mol. The summed E-state index contributed by atoms with van der Waals surface area (Å²) in [7, 11) is 0. The van der Waals surface area contributed by atoms with Gasteiger partial charge in [0.15, 0.2) is 0 Å². The predicted molar refractivity (Wildman–Crippen MR) is 131 cm³/mol. The third kappa shape index (κ3) is 6.32. The maximum atomic E-state index is 13.2. The second kappa shape index (κ2) is 12.4. The number of hydrogen-bond donors (Lipinski definition) is 3. The monoisotopic (exact) mass is 460 g/mol. The first-order valence-corrected chi connectivity index (χ1v) is 11.6. The fourth-order valence-electron chi connectivity index (χ4n) is 4.06. The molecule has 0 aliphatic rings. The van der Waals surface area contributed by atoms with E-state index in [1.165, 1.54) is 0 Å². The van der Waals surface area contributed by atoms with E-state index in [-0.39, 0.29) is 18.2 Å². The van der Waals surface area contributed by atoms with Crippen LogP contribution >= 0.6 is 0 Å². The van der Waals surface area contributed by atoms with Crippen molar-refractivity contribution in [2.45, 2.75) is 45.1 Å². The quantitative estimate of drug-likeness (QED) is 0.167. The normalized spacial score (nSPS) is 10.7. The van der Waals surface area contributed by atoms with Crippen molar-refractivity contribution in [3.63, 3.8) is 0 Å². The van der Waals surface area contributed by atoms with Gasteiger partial charge in [-0.2, -0.15) is 4.57 Å². The zero-order valence-corrected chi connectivity index (χ0v) is 19.2. The minimum Gasteiger partial charge on any atom is -0.481 e. The number of amides is 2. The summed E-state index contributed by atoms with van der Waals surface area (Å²) in [4.78, 5) is 35.7. The highest BCUT2D eigenvalue weighted by atomic mass is 16.4. The molecule has 0 saturated heterocycles. The van der Waals surface area contributed by atoms with Gasteiger partial charge in [0.2, 0.25) is 23.5 Å². The zero-order valence-electron chi connectivity index (χ0n) is 19.2. The number of carbonyl (C=O) groups is 3. The van der Waals surface area contributed by atoms with Crippen LogP contribution in [0.25, 0.3) is 21.8 Å². The van der Waals surface area contributed by atoms with Crippen LogP contribution in [0.3, 0.4) is 0 Å². The molecule has 3 N–H and O–H groups in total. The first kappa shape index (κ1) is 24.7. The standard InChI is InChI=1S/C27H29N3O4/c1-2-19-30-22-13-7-5-11-20(22)26(21-12-6-8-14-23(21)30)27(34)29-18-10-15-24(31)28-17-9-3-4-16-25(32)33/h1,5-8,11-14H,3-4,9-10,15-19H2,(H2-,28,29,31,32,33,34)/p+1. The van der Waals surface area contributed by atoms with Crippen LogP contribution in [0.2, 0.25) is 0 Å². The maximum Gasteiger partial charge on any atom is 0.303 e. The molecule has 0 atom stereocenters. The summed E-state index contributed by atoms with van der Waals surface area (Å²) >= 11 is 0. The molecule has 0 bridgehead atoms. The minimum atomic E-state index is -0.797. The van der Waals surface area contributed by atoms with Crippen molar-refractivity contribution in [3.8, 4) is 12.3 Å². The maximum absolute atomic E-state index is 13.2. The number of unbranched alkanes of at least 4 members (excludes halogenated alkanes) is 2. The highest BCUT2D eigenvalue weighted by Crippen LogP contribution is 2.24. The Morgan fingerprint density at radius 3 is 2.06 bits per heavy atom. The lowest BCUT2D eigenvalue weighted by Crippen LogP contribution is -2.36. The van der Waals surface area contributed by atoms with Crippen LogP contribution in [0.1, 0.15) is 48.9 Å². The summed E-state index contributed by atoms with van der Waals surface area (Å²) in [6.45, 7) is 1.31. The van der Waals surface area contributed by atoms with E-state index < -0.39 is 5.97 Å². The van der Waals surface area contributed by atoms with Gasteiger partial charge in [0.1, 0.15) is 0 Å². The number of aromatic nitrogens is 1. The summed E-state index contributed by atoms with van der Waals surface area (Å²) in [6, 6.07) is 15.4. The van der Waals surface area contributed by atoms with Gasteiger partial charge in [-0.15, -0.1) is 6.42 Å². The molecule has 0 spiro atoms. The Balaban J connectivity index is 1.59. The van der Waals surface area contributed by atoms with E-state index in [9.17, 15) is 14.4 Å². The number of nitrogens with zero attached hydrogens (tertiary/aromatic N) is 1. The second-order valence-corrected chi connectivity index (χ2v) is 8.11. The topological polar surface area (TPSA) is 99.4 Å². The molecule has 7 nitrogen and oxygen atoms in total. The molecule has 1 aromatic heterocycles. The van der Waals surface area contributed by atoms with Crippen molar-refractivity contribution in [2.24, 2.45) is 0 Å². The van der Waals surface area contributed by atoms with Crippen LogP contribution in [0.15, 0.2) is 48.5 Å². The molecule has 0 aliphatic heterocycles. The van der Waals surface area contributed by atoms with Gasteiger partial charge >= 0.3 is 5.97 Å². The van der Waals surface area contributed by atoms with E-state index in [0.717, 1.165) is 34.6 Å². The lowest BCUT2D eigenvalue weighted by molar-refractivity contribution is -0.632. The van der Waals surface area contributed by atoms with Crippen LogP contribution in [-0.4, -0.2) is 36.0 Å². The molecule has 34 heavy (non-hydrogen) atoms. The summed E-state index contributed by atoms with van der Waals surface area (Å²) < 4.78 is 2.04. The van der Waals surface area contributed by atoms with Crippen molar-refractivity contribution < 1.29 is 24.1 Å². The number of hydrogen-bond acceptors (Lipinski definition) is 3. The smallest absolute Gasteiger partial charge is 0.303 e. The number of nitrogens with one attached hydrogen (secondary N) is 2.